The molecule has 0 aromatic carbocycles. The Kier molecular flexibility index (Phi) is 5.43. The average molecular weight is 340 g/mol. The summed E-state index contributed by atoms with van der Waals surface area (Å²) in [5.74, 6) is -0.870. The number of hydrogen-bond acceptors (Lipinski definition) is 7. The predicted octanol–water partition coefficient (Wildman–Crippen LogP) is -0.0450. The zero-order chi connectivity index (χ0) is 17.9. The first-order chi connectivity index (χ1) is 11.2. The standard InChI is InChI=1S/C15H24N4O5/c1-15(2,3)24-14(22)17-10-9-16-6-8-18-7-5-11(13(21)23-4)19(18)12(10)20/h6,10-11H,5,7-9H2,1-4H3,(H,17,22)/b16-6-/t10-,11-/m0/s1. The van der Waals surface area contributed by atoms with Crippen molar-refractivity contribution in [2.24, 2.45) is 4.99 Å². The summed E-state index contributed by atoms with van der Waals surface area (Å²) in [7, 11) is 1.29. The third kappa shape index (κ3) is 4.22. The quantitative estimate of drug-likeness (QED) is 0.708. The van der Waals surface area contributed by atoms with Gasteiger partial charge >= 0.3 is 12.1 Å². The van der Waals surface area contributed by atoms with E-state index in [1.165, 1.54) is 12.1 Å². The minimum atomic E-state index is -0.899. The summed E-state index contributed by atoms with van der Waals surface area (Å²) < 4.78 is 9.97. The van der Waals surface area contributed by atoms with Gasteiger partial charge < -0.3 is 14.8 Å². The zero-order valence-corrected chi connectivity index (χ0v) is 14.4. The monoisotopic (exact) mass is 340 g/mol. The lowest BCUT2D eigenvalue weighted by atomic mass is 10.2. The Morgan fingerprint density at radius 1 is 1.38 bits per heavy atom. The van der Waals surface area contributed by atoms with Gasteiger partial charge in [-0.15, -0.1) is 0 Å². The Morgan fingerprint density at radius 2 is 2.08 bits per heavy atom. The van der Waals surface area contributed by atoms with E-state index >= 15 is 0 Å². The van der Waals surface area contributed by atoms with E-state index < -0.39 is 35.7 Å². The molecule has 0 aliphatic carbocycles. The highest BCUT2D eigenvalue weighted by molar-refractivity contribution is 5.90. The molecule has 134 valence electrons. The first kappa shape index (κ1) is 18.2. The number of esters is 1. The molecule has 0 spiro atoms. The van der Waals surface area contributed by atoms with Crippen molar-refractivity contribution in [3.8, 4) is 0 Å². The number of rotatable bonds is 2. The first-order valence-corrected chi connectivity index (χ1v) is 7.86. The van der Waals surface area contributed by atoms with Crippen LogP contribution in [0, 0.1) is 0 Å². The smallest absolute Gasteiger partial charge is 0.408 e. The lowest BCUT2D eigenvalue weighted by molar-refractivity contribution is -0.162. The summed E-state index contributed by atoms with van der Waals surface area (Å²) in [4.78, 5) is 40.9. The van der Waals surface area contributed by atoms with Gasteiger partial charge in [0.05, 0.1) is 20.2 Å². The van der Waals surface area contributed by atoms with E-state index in [4.69, 9.17) is 9.47 Å². The van der Waals surface area contributed by atoms with Crippen molar-refractivity contribution in [1.82, 2.24) is 15.3 Å². The number of carbonyl (C=O) groups is 3. The molecule has 24 heavy (non-hydrogen) atoms. The van der Waals surface area contributed by atoms with Gasteiger partial charge in [0.25, 0.3) is 5.91 Å². The van der Waals surface area contributed by atoms with Crippen LogP contribution in [0.1, 0.15) is 27.2 Å². The fourth-order valence-electron chi connectivity index (χ4n) is 2.65. The number of nitrogens with zero attached hydrogens (tertiary/aromatic N) is 3. The van der Waals surface area contributed by atoms with Crippen molar-refractivity contribution < 1.29 is 23.9 Å². The molecule has 0 aromatic heterocycles. The van der Waals surface area contributed by atoms with Crippen LogP contribution in [0.4, 0.5) is 4.79 Å². The molecule has 2 atom stereocenters. The van der Waals surface area contributed by atoms with Gasteiger partial charge in [-0.2, -0.15) is 0 Å². The van der Waals surface area contributed by atoms with Gasteiger partial charge in [0.2, 0.25) is 0 Å². The number of amides is 2. The second-order valence-electron chi connectivity index (χ2n) is 6.67. The minimum absolute atomic E-state index is 0.0936. The average Bonchev–Trinajstić information content (AvgIpc) is 2.88. The van der Waals surface area contributed by atoms with Crippen LogP contribution in [0.15, 0.2) is 4.99 Å². The molecule has 0 saturated carbocycles. The highest BCUT2D eigenvalue weighted by atomic mass is 16.6. The molecular weight excluding hydrogens is 316 g/mol. The van der Waals surface area contributed by atoms with E-state index in [1.54, 1.807) is 32.0 Å². The molecule has 2 aliphatic heterocycles. The first-order valence-electron chi connectivity index (χ1n) is 7.86. The topological polar surface area (TPSA) is 101 Å². The summed E-state index contributed by atoms with van der Waals surface area (Å²) >= 11 is 0. The van der Waals surface area contributed by atoms with Gasteiger partial charge in [-0.3, -0.25) is 14.8 Å². The van der Waals surface area contributed by atoms with Crippen molar-refractivity contribution in [1.29, 1.82) is 0 Å². The number of alkyl carbamates (subject to hydrolysis) is 1. The lowest BCUT2D eigenvalue weighted by Crippen LogP contribution is -2.58. The minimum Gasteiger partial charge on any atom is -0.467 e. The Hall–Kier alpha value is -2.16. The fraction of sp³-hybridized carbons (Fsp3) is 0.733. The van der Waals surface area contributed by atoms with Crippen molar-refractivity contribution in [3.05, 3.63) is 0 Å². The molecule has 1 fully saturated rings. The molecule has 0 bridgehead atoms. The summed E-state index contributed by atoms with van der Waals surface area (Å²) in [6, 6.07) is -1.58. The maximum atomic E-state index is 12.8. The molecule has 0 radical (unpaired) electrons. The molecule has 9 nitrogen and oxygen atoms in total. The Morgan fingerprint density at radius 3 is 2.71 bits per heavy atom. The van der Waals surface area contributed by atoms with Crippen molar-refractivity contribution >= 4 is 24.2 Å². The molecule has 2 rings (SSSR count). The Labute approximate surface area is 140 Å². The fourth-order valence-corrected chi connectivity index (χ4v) is 2.65. The van der Waals surface area contributed by atoms with E-state index in [2.05, 4.69) is 10.3 Å². The van der Waals surface area contributed by atoms with Crippen molar-refractivity contribution in [2.75, 3.05) is 26.7 Å². The van der Waals surface area contributed by atoms with Crippen LogP contribution in [0.25, 0.3) is 0 Å². The van der Waals surface area contributed by atoms with E-state index in [9.17, 15) is 14.4 Å². The molecule has 1 N–H and O–H groups in total. The third-order valence-electron chi connectivity index (χ3n) is 3.66. The van der Waals surface area contributed by atoms with Crippen LogP contribution >= 0.6 is 0 Å². The number of aliphatic imine (C=N–C) groups is 1. The molecule has 2 aliphatic rings. The van der Waals surface area contributed by atoms with Gasteiger partial charge in [0.1, 0.15) is 17.7 Å². The zero-order valence-electron chi connectivity index (χ0n) is 14.4. The summed E-state index contributed by atoms with van der Waals surface area (Å²) in [6.45, 7) is 6.27. The lowest BCUT2D eigenvalue weighted by Gasteiger charge is -2.34. The molecule has 0 unspecified atom stereocenters. The van der Waals surface area contributed by atoms with Crippen LogP contribution in [0.5, 0.6) is 0 Å². The van der Waals surface area contributed by atoms with E-state index in [-0.39, 0.29) is 6.54 Å². The number of hydrazine groups is 1. The maximum absolute atomic E-state index is 12.8. The summed E-state index contributed by atoms with van der Waals surface area (Å²) in [6.07, 6.45) is 1.45. The second-order valence-corrected chi connectivity index (χ2v) is 6.67. The van der Waals surface area contributed by atoms with E-state index in [0.29, 0.717) is 19.5 Å². The Balaban J connectivity index is 2.15. The number of fused-ring (bicyclic) bond motifs is 1. The molecule has 2 heterocycles. The van der Waals surface area contributed by atoms with Crippen LogP contribution < -0.4 is 5.32 Å². The van der Waals surface area contributed by atoms with Crippen molar-refractivity contribution in [2.45, 2.75) is 44.9 Å². The molecule has 0 aromatic rings. The number of ether oxygens (including phenoxy) is 2. The number of hydrogen-bond donors (Lipinski definition) is 1. The normalized spacial score (nSPS) is 26.2. The van der Waals surface area contributed by atoms with E-state index in [0.717, 1.165) is 0 Å². The highest BCUT2D eigenvalue weighted by Gasteiger charge is 2.43. The molecular formula is C15H24N4O5. The summed E-state index contributed by atoms with van der Waals surface area (Å²) in [5, 5.41) is 5.64. The number of methoxy groups -OCH3 is 1. The van der Waals surface area contributed by atoms with Crippen LogP contribution in [0.3, 0.4) is 0 Å². The van der Waals surface area contributed by atoms with Gasteiger partial charge in [0, 0.05) is 12.8 Å². The van der Waals surface area contributed by atoms with Gasteiger partial charge in [-0.25, -0.2) is 14.6 Å². The van der Waals surface area contributed by atoms with E-state index in [1.807, 2.05) is 0 Å². The Bertz CT molecular complexity index is 542. The maximum Gasteiger partial charge on any atom is 0.408 e. The van der Waals surface area contributed by atoms with Gasteiger partial charge in [-0.05, 0) is 27.2 Å². The van der Waals surface area contributed by atoms with Gasteiger partial charge in [0.15, 0.2) is 0 Å². The molecule has 9 heteroatoms. The number of nitrogens with one attached hydrogen (secondary N) is 1. The summed E-state index contributed by atoms with van der Waals surface area (Å²) in [5.41, 5.74) is -0.674. The van der Waals surface area contributed by atoms with Crippen LogP contribution in [0.2, 0.25) is 0 Å². The molecule has 2 amide bonds. The van der Waals surface area contributed by atoms with Crippen LogP contribution in [-0.2, 0) is 19.1 Å². The van der Waals surface area contributed by atoms with Crippen molar-refractivity contribution in [3.63, 3.8) is 0 Å². The number of carbonyl (C=O) groups excluding carboxylic acids is 3. The highest BCUT2D eigenvalue weighted by Crippen LogP contribution is 2.21. The third-order valence-corrected chi connectivity index (χ3v) is 3.66. The van der Waals surface area contributed by atoms with Crippen LogP contribution in [-0.4, -0.2) is 78.6 Å². The van der Waals surface area contributed by atoms with Gasteiger partial charge in [-0.1, -0.05) is 0 Å². The largest absolute Gasteiger partial charge is 0.467 e. The molecule has 1 saturated heterocycles. The predicted molar refractivity (Wildman–Crippen MR) is 85.4 cm³/mol. The second kappa shape index (κ2) is 7.16. The SMILES string of the molecule is COC(=O)[C@@H]1CCN2C/C=N\C[C@H](NC(=O)OC(C)(C)C)C(=O)N12.